The topological polar surface area (TPSA) is 87.7 Å². The number of carbonyl (C=O) groups excluding carboxylic acids is 3. The van der Waals surface area contributed by atoms with Crippen LogP contribution in [0.4, 0.5) is 5.69 Å². The van der Waals surface area contributed by atoms with Gasteiger partial charge in [0.05, 0.1) is 11.3 Å². The summed E-state index contributed by atoms with van der Waals surface area (Å²) in [6.07, 6.45) is 0.380. The minimum absolute atomic E-state index is 0.0522. The fourth-order valence-corrected chi connectivity index (χ4v) is 4.25. The third-order valence-corrected chi connectivity index (χ3v) is 5.93. The Hall–Kier alpha value is -3.19. The number of methoxy groups -OCH3 is 1. The molecule has 3 amide bonds. The summed E-state index contributed by atoms with van der Waals surface area (Å²) in [5.41, 5.74) is 5.31. The summed E-state index contributed by atoms with van der Waals surface area (Å²) in [7, 11) is 1.45. The Kier molecular flexibility index (Phi) is 5.30. The highest BCUT2D eigenvalue weighted by Gasteiger charge is 2.43. The summed E-state index contributed by atoms with van der Waals surface area (Å²) in [5, 5.41) is 5.72. The summed E-state index contributed by atoms with van der Waals surface area (Å²) in [6.45, 7) is 4.35. The molecule has 0 saturated carbocycles. The molecule has 1 fully saturated rings. The fraction of sp³-hybridized carbons (Fsp3) is 0.348. The van der Waals surface area contributed by atoms with E-state index >= 15 is 0 Å². The number of benzene rings is 2. The molecule has 2 atom stereocenters. The van der Waals surface area contributed by atoms with Gasteiger partial charge >= 0.3 is 0 Å². The molecule has 1 saturated heterocycles. The van der Waals surface area contributed by atoms with E-state index in [1.54, 1.807) is 11.0 Å². The zero-order valence-electron chi connectivity index (χ0n) is 17.3. The third kappa shape index (κ3) is 3.57. The average molecular weight is 407 g/mol. The maximum Gasteiger partial charge on any atom is 0.256 e. The van der Waals surface area contributed by atoms with Crippen LogP contribution in [0, 0.1) is 13.8 Å². The number of hydrogen-bond acceptors (Lipinski definition) is 4. The molecule has 0 spiro atoms. The molecule has 2 aromatic rings. The molecule has 7 heteroatoms. The van der Waals surface area contributed by atoms with Crippen molar-refractivity contribution in [1.29, 1.82) is 0 Å². The number of amides is 3. The van der Waals surface area contributed by atoms with Gasteiger partial charge in [-0.25, -0.2) is 0 Å². The Morgan fingerprint density at radius 2 is 2.00 bits per heavy atom. The lowest BCUT2D eigenvalue weighted by Gasteiger charge is -2.20. The first-order valence-electron chi connectivity index (χ1n) is 10.00. The maximum atomic E-state index is 13.4. The minimum atomic E-state index is -0.609. The molecule has 2 aliphatic heterocycles. The summed E-state index contributed by atoms with van der Waals surface area (Å²) >= 11 is 0. The second-order valence-electron chi connectivity index (χ2n) is 7.90. The summed E-state index contributed by atoms with van der Waals surface area (Å²) in [4.78, 5) is 39.5. The molecule has 2 aliphatic rings. The fourth-order valence-electron chi connectivity index (χ4n) is 4.25. The van der Waals surface area contributed by atoms with Crippen LogP contribution in [0.1, 0.15) is 27.9 Å². The van der Waals surface area contributed by atoms with Crippen molar-refractivity contribution in [2.24, 2.45) is 0 Å². The van der Waals surface area contributed by atoms with E-state index in [-0.39, 0.29) is 30.4 Å². The molecule has 0 aromatic heterocycles. The number of fused-ring (bicyclic) bond motifs is 2. The van der Waals surface area contributed by atoms with Crippen molar-refractivity contribution >= 4 is 23.4 Å². The van der Waals surface area contributed by atoms with Crippen LogP contribution in [0.25, 0.3) is 11.1 Å². The van der Waals surface area contributed by atoms with Crippen molar-refractivity contribution in [3.63, 3.8) is 0 Å². The van der Waals surface area contributed by atoms with Gasteiger partial charge in [-0.1, -0.05) is 24.3 Å². The lowest BCUT2D eigenvalue weighted by Crippen LogP contribution is -2.41. The Bertz CT molecular complexity index is 1030. The Balaban J connectivity index is 1.65. The standard InChI is InChI=1S/C23H25N3O4/c1-13-5-4-6-17(14(13)2)15-7-8-19-18(9-15)23(29)26-11-16(24-21(27)12-30-3)10-20(26)22(28)25-19/h4-9,16,20H,10-12H2,1-3H3,(H,24,27)(H,25,28)/t16-,20-/m0/s1. The zero-order chi connectivity index (χ0) is 21.4. The van der Waals surface area contributed by atoms with Crippen LogP contribution in [0.5, 0.6) is 0 Å². The SMILES string of the molecule is COCC(=O)N[C@H]1C[C@H]2C(=O)Nc3ccc(-c4cccc(C)c4C)cc3C(=O)N2C1. The van der Waals surface area contributed by atoms with Gasteiger partial charge in [-0.2, -0.15) is 0 Å². The van der Waals surface area contributed by atoms with Crippen molar-refractivity contribution in [3.05, 3.63) is 53.1 Å². The highest BCUT2D eigenvalue weighted by atomic mass is 16.5. The van der Waals surface area contributed by atoms with Crippen molar-refractivity contribution < 1.29 is 19.1 Å². The predicted molar refractivity (Wildman–Crippen MR) is 113 cm³/mol. The van der Waals surface area contributed by atoms with E-state index in [9.17, 15) is 14.4 Å². The van der Waals surface area contributed by atoms with E-state index in [2.05, 4.69) is 30.5 Å². The molecule has 7 nitrogen and oxygen atoms in total. The second-order valence-corrected chi connectivity index (χ2v) is 7.90. The number of hydrogen-bond donors (Lipinski definition) is 2. The smallest absolute Gasteiger partial charge is 0.256 e. The van der Waals surface area contributed by atoms with Crippen LogP contribution in [-0.4, -0.2) is 55.0 Å². The number of rotatable bonds is 4. The van der Waals surface area contributed by atoms with Crippen molar-refractivity contribution in [3.8, 4) is 11.1 Å². The lowest BCUT2D eigenvalue weighted by molar-refractivity contribution is -0.125. The number of ether oxygens (including phenoxy) is 1. The highest BCUT2D eigenvalue weighted by molar-refractivity contribution is 6.11. The number of nitrogens with one attached hydrogen (secondary N) is 2. The van der Waals surface area contributed by atoms with Gasteiger partial charge in [-0.15, -0.1) is 0 Å². The first-order valence-corrected chi connectivity index (χ1v) is 10.00. The van der Waals surface area contributed by atoms with Crippen LogP contribution >= 0.6 is 0 Å². The number of carbonyl (C=O) groups is 3. The normalized spacial score (nSPS) is 20.3. The maximum absolute atomic E-state index is 13.4. The van der Waals surface area contributed by atoms with E-state index in [4.69, 9.17) is 4.74 Å². The molecule has 0 radical (unpaired) electrons. The molecule has 2 aromatic carbocycles. The van der Waals surface area contributed by atoms with Gasteiger partial charge in [0.15, 0.2) is 0 Å². The van der Waals surface area contributed by atoms with E-state index in [1.165, 1.54) is 12.7 Å². The van der Waals surface area contributed by atoms with Gasteiger partial charge in [0.2, 0.25) is 11.8 Å². The first-order chi connectivity index (χ1) is 14.4. The van der Waals surface area contributed by atoms with Crippen LogP contribution in [0.3, 0.4) is 0 Å². The van der Waals surface area contributed by atoms with Gasteiger partial charge in [-0.05, 0) is 54.7 Å². The zero-order valence-corrected chi connectivity index (χ0v) is 17.3. The van der Waals surface area contributed by atoms with E-state index in [0.29, 0.717) is 24.2 Å². The summed E-state index contributed by atoms with van der Waals surface area (Å²) in [6, 6.07) is 10.8. The monoisotopic (exact) mass is 407 g/mol. The van der Waals surface area contributed by atoms with Crippen molar-refractivity contribution in [2.45, 2.75) is 32.4 Å². The van der Waals surface area contributed by atoms with Crippen LogP contribution < -0.4 is 10.6 Å². The van der Waals surface area contributed by atoms with Crippen LogP contribution in [0.2, 0.25) is 0 Å². The van der Waals surface area contributed by atoms with Gasteiger partial charge < -0.3 is 20.3 Å². The molecule has 2 N–H and O–H groups in total. The number of aryl methyl sites for hydroxylation is 1. The second kappa shape index (κ2) is 7.91. The molecule has 0 unspecified atom stereocenters. The number of anilines is 1. The molecule has 4 rings (SSSR count). The minimum Gasteiger partial charge on any atom is -0.375 e. The van der Waals surface area contributed by atoms with Gasteiger partial charge in [0.25, 0.3) is 5.91 Å². The van der Waals surface area contributed by atoms with Gasteiger partial charge in [0, 0.05) is 19.7 Å². The van der Waals surface area contributed by atoms with E-state index in [1.807, 2.05) is 24.3 Å². The van der Waals surface area contributed by atoms with E-state index < -0.39 is 6.04 Å². The lowest BCUT2D eigenvalue weighted by atomic mass is 9.95. The molecule has 2 heterocycles. The van der Waals surface area contributed by atoms with E-state index in [0.717, 1.165) is 16.7 Å². The van der Waals surface area contributed by atoms with Crippen LogP contribution in [-0.2, 0) is 14.3 Å². The Morgan fingerprint density at radius 1 is 1.20 bits per heavy atom. The van der Waals surface area contributed by atoms with Crippen LogP contribution in [0.15, 0.2) is 36.4 Å². The Labute approximate surface area is 175 Å². The molecular weight excluding hydrogens is 382 g/mol. The number of nitrogens with zero attached hydrogens (tertiary/aromatic N) is 1. The third-order valence-electron chi connectivity index (χ3n) is 5.93. The molecule has 0 aliphatic carbocycles. The Morgan fingerprint density at radius 3 is 2.77 bits per heavy atom. The summed E-state index contributed by atoms with van der Waals surface area (Å²) < 4.78 is 4.84. The predicted octanol–water partition coefficient (Wildman–Crippen LogP) is 2.27. The molecular formula is C23H25N3O4. The highest BCUT2D eigenvalue weighted by Crippen LogP contribution is 2.33. The summed E-state index contributed by atoms with van der Waals surface area (Å²) in [5.74, 6) is -0.695. The first kappa shape index (κ1) is 20.1. The molecule has 156 valence electrons. The average Bonchev–Trinajstić information content (AvgIpc) is 3.10. The molecule has 30 heavy (non-hydrogen) atoms. The largest absolute Gasteiger partial charge is 0.375 e. The van der Waals surface area contributed by atoms with Crippen molar-refractivity contribution in [1.82, 2.24) is 10.2 Å². The molecule has 0 bridgehead atoms. The van der Waals surface area contributed by atoms with Gasteiger partial charge in [0.1, 0.15) is 12.6 Å². The van der Waals surface area contributed by atoms with Crippen molar-refractivity contribution in [2.75, 3.05) is 25.6 Å². The quantitative estimate of drug-likeness (QED) is 0.814. The van der Waals surface area contributed by atoms with Gasteiger partial charge in [-0.3, -0.25) is 14.4 Å².